The Kier molecular flexibility index (Phi) is 3.42. The van der Waals surface area contributed by atoms with E-state index in [2.05, 4.69) is 25.1 Å². The van der Waals surface area contributed by atoms with Gasteiger partial charge in [-0.25, -0.2) is 0 Å². The summed E-state index contributed by atoms with van der Waals surface area (Å²) in [6, 6.07) is 7.02. The largest absolute Gasteiger partial charge is 0.330 e. The molecule has 0 heterocycles. The fraction of sp³-hybridized carbons (Fsp3) is 0.571. The second-order valence-electron chi connectivity index (χ2n) is 4.86. The maximum atomic E-state index is 5.66. The predicted octanol–water partition coefficient (Wildman–Crippen LogP) is 2.70. The highest BCUT2D eigenvalue weighted by Gasteiger charge is 2.10. The van der Waals surface area contributed by atoms with Crippen molar-refractivity contribution in [2.75, 3.05) is 6.54 Å². The number of rotatable bonds is 3. The summed E-state index contributed by atoms with van der Waals surface area (Å²) >= 11 is 0. The number of benzene rings is 1. The summed E-state index contributed by atoms with van der Waals surface area (Å²) in [5, 5.41) is 0. The van der Waals surface area contributed by atoms with Crippen molar-refractivity contribution in [3.63, 3.8) is 0 Å². The van der Waals surface area contributed by atoms with Crippen LogP contribution in [-0.2, 0) is 19.3 Å². The first-order valence-electron chi connectivity index (χ1n) is 6.10. The Morgan fingerprint density at radius 3 is 2.67 bits per heavy atom. The molecule has 1 atom stereocenters. The van der Waals surface area contributed by atoms with Gasteiger partial charge >= 0.3 is 0 Å². The van der Waals surface area contributed by atoms with Crippen LogP contribution < -0.4 is 5.73 Å². The molecular weight excluding hydrogens is 182 g/mol. The molecule has 1 aromatic rings. The van der Waals surface area contributed by atoms with E-state index in [-0.39, 0.29) is 0 Å². The lowest BCUT2D eigenvalue weighted by Crippen LogP contribution is -2.13. The molecule has 0 bridgehead atoms. The zero-order valence-corrected chi connectivity index (χ0v) is 9.63. The minimum atomic E-state index is 0.603. The van der Waals surface area contributed by atoms with Gasteiger partial charge in [0.25, 0.3) is 0 Å². The smallest absolute Gasteiger partial charge is 0.00483 e. The Labute approximate surface area is 92.7 Å². The van der Waals surface area contributed by atoms with Gasteiger partial charge in [0.15, 0.2) is 0 Å². The molecule has 2 N–H and O–H groups in total. The van der Waals surface area contributed by atoms with E-state index in [9.17, 15) is 0 Å². The number of hydrogen-bond acceptors (Lipinski definition) is 1. The molecule has 0 amide bonds. The third-order valence-electron chi connectivity index (χ3n) is 3.40. The van der Waals surface area contributed by atoms with Crippen molar-refractivity contribution < 1.29 is 0 Å². The van der Waals surface area contributed by atoms with E-state index in [1.54, 1.807) is 11.1 Å². The molecule has 82 valence electrons. The highest BCUT2D eigenvalue weighted by atomic mass is 14.5. The van der Waals surface area contributed by atoms with Gasteiger partial charge < -0.3 is 5.73 Å². The minimum absolute atomic E-state index is 0.603. The van der Waals surface area contributed by atoms with Crippen molar-refractivity contribution in [2.24, 2.45) is 11.7 Å². The van der Waals surface area contributed by atoms with Gasteiger partial charge in [0.05, 0.1) is 0 Å². The number of fused-ring (bicyclic) bond motifs is 1. The maximum absolute atomic E-state index is 5.66. The third-order valence-corrected chi connectivity index (χ3v) is 3.40. The Morgan fingerprint density at radius 2 is 1.93 bits per heavy atom. The van der Waals surface area contributed by atoms with Gasteiger partial charge in [-0.2, -0.15) is 0 Å². The van der Waals surface area contributed by atoms with Crippen molar-refractivity contribution in [1.29, 1.82) is 0 Å². The number of hydrogen-bond donors (Lipinski definition) is 1. The van der Waals surface area contributed by atoms with E-state index in [1.165, 1.54) is 31.2 Å². The summed E-state index contributed by atoms with van der Waals surface area (Å²) in [6.45, 7) is 3.01. The quantitative estimate of drug-likeness (QED) is 0.803. The SMILES string of the molecule is CC(CN)Cc1ccc2c(c1)CCCC2. The molecule has 15 heavy (non-hydrogen) atoms. The van der Waals surface area contributed by atoms with Crippen LogP contribution in [0.25, 0.3) is 0 Å². The normalized spacial score (nSPS) is 17.2. The number of nitrogens with two attached hydrogens (primary N) is 1. The third kappa shape index (κ3) is 2.60. The molecule has 1 unspecified atom stereocenters. The van der Waals surface area contributed by atoms with E-state index >= 15 is 0 Å². The van der Waals surface area contributed by atoms with Gasteiger partial charge in [-0.1, -0.05) is 25.1 Å². The van der Waals surface area contributed by atoms with Crippen LogP contribution in [0.4, 0.5) is 0 Å². The van der Waals surface area contributed by atoms with E-state index in [4.69, 9.17) is 5.73 Å². The lowest BCUT2D eigenvalue weighted by Gasteiger charge is -2.17. The van der Waals surface area contributed by atoms with Gasteiger partial charge in [-0.15, -0.1) is 0 Å². The lowest BCUT2D eigenvalue weighted by molar-refractivity contribution is 0.591. The molecule has 2 rings (SSSR count). The van der Waals surface area contributed by atoms with Gasteiger partial charge in [0, 0.05) is 0 Å². The molecule has 1 aromatic carbocycles. The van der Waals surface area contributed by atoms with E-state index < -0.39 is 0 Å². The van der Waals surface area contributed by atoms with Crippen LogP contribution in [-0.4, -0.2) is 6.54 Å². The molecule has 1 aliphatic carbocycles. The molecule has 0 aliphatic heterocycles. The van der Waals surface area contributed by atoms with Crippen LogP contribution in [0.15, 0.2) is 18.2 Å². The summed E-state index contributed by atoms with van der Waals surface area (Å²) in [5.74, 6) is 0.603. The second-order valence-corrected chi connectivity index (χ2v) is 4.86. The first-order chi connectivity index (χ1) is 7.29. The molecule has 1 heteroatoms. The van der Waals surface area contributed by atoms with Crippen molar-refractivity contribution in [3.8, 4) is 0 Å². The first kappa shape index (κ1) is 10.7. The standard InChI is InChI=1S/C14H21N/c1-11(10-15)8-12-6-7-13-4-2-3-5-14(13)9-12/h6-7,9,11H,2-5,8,10,15H2,1H3. The summed E-state index contributed by atoms with van der Waals surface area (Å²) in [4.78, 5) is 0. The van der Waals surface area contributed by atoms with Crippen LogP contribution in [0, 0.1) is 5.92 Å². The number of aryl methyl sites for hydroxylation is 2. The summed E-state index contributed by atoms with van der Waals surface area (Å²) in [7, 11) is 0. The highest BCUT2D eigenvalue weighted by molar-refractivity contribution is 5.34. The molecule has 0 saturated heterocycles. The highest BCUT2D eigenvalue weighted by Crippen LogP contribution is 2.23. The average Bonchev–Trinajstić information content (AvgIpc) is 2.29. The molecule has 0 aromatic heterocycles. The zero-order valence-electron chi connectivity index (χ0n) is 9.63. The second kappa shape index (κ2) is 4.80. The van der Waals surface area contributed by atoms with Crippen LogP contribution in [0.2, 0.25) is 0 Å². The fourth-order valence-electron chi connectivity index (χ4n) is 2.40. The molecule has 0 radical (unpaired) electrons. The molecule has 1 nitrogen and oxygen atoms in total. The fourth-order valence-corrected chi connectivity index (χ4v) is 2.40. The van der Waals surface area contributed by atoms with Gasteiger partial charge in [0.1, 0.15) is 0 Å². The van der Waals surface area contributed by atoms with E-state index in [0.29, 0.717) is 5.92 Å². The van der Waals surface area contributed by atoms with Crippen molar-refractivity contribution in [1.82, 2.24) is 0 Å². The van der Waals surface area contributed by atoms with Gasteiger partial charge in [0.2, 0.25) is 0 Å². The van der Waals surface area contributed by atoms with Crippen LogP contribution in [0.1, 0.15) is 36.5 Å². The van der Waals surface area contributed by atoms with Crippen molar-refractivity contribution in [3.05, 3.63) is 34.9 Å². The zero-order chi connectivity index (χ0) is 10.7. The van der Waals surface area contributed by atoms with Crippen molar-refractivity contribution in [2.45, 2.75) is 39.0 Å². The minimum Gasteiger partial charge on any atom is -0.330 e. The summed E-state index contributed by atoms with van der Waals surface area (Å²) in [6.07, 6.45) is 6.42. The van der Waals surface area contributed by atoms with E-state index in [1.807, 2.05) is 0 Å². The lowest BCUT2D eigenvalue weighted by atomic mass is 9.89. The molecular formula is C14H21N. The van der Waals surface area contributed by atoms with Crippen LogP contribution >= 0.6 is 0 Å². The Bertz CT molecular complexity index is 330. The topological polar surface area (TPSA) is 26.0 Å². The molecule has 0 spiro atoms. The maximum Gasteiger partial charge on any atom is -0.00483 e. The average molecular weight is 203 g/mol. The van der Waals surface area contributed by atoms with Gasteiger partial charge in [-0.05, 0) is 61.3 Å². The molecule has 0 fully saturated rings. The first-order valence-corrected chi connectivity index (χ1v) is 6.10. The predicted molar refractivity (Wildman–Crippen MR) is 65.0 cm³/mol. The summed E-state index contributed by atoms with van der Waals surface area (Å²) < 4.78 is 0. The summed E-state index contributed by atoms with van der Waals surface area (Å²) in [5.41, 5.74) is 10.3. The van der Waals surface area contributed by atoms with Crippen molar-refractivity contribution >= 4 is 0 Å². The van der Waals surface area contributed by atoms with Crippen LogP contribution in [0.5, 0.6) is 0 Å². The monoisotopic (exact) mass is 203 g/mol. The molecule has 0 saturated carbocycles. The van der Waals surface area contributed by atoms with E-state index in [0.717, 1.165) is 13.0 Å². The Balaban J connectivity index is 2.13. The Morgan fingerprint density at radius 1 is 1.20 bits per heavy atom. The van der Waals surface area contributed by atoms with Crippen LogP contribution in [0.3, 0.4) is 0 Å². The van der Waals surface area contributed by atoms with Gasteiger partial charge in [-0.3, -0.25) is 0 Å². The Hall–Kier alpha value is -0.820. The molecule has 1 aliphatic rings.